The number of hydrogen-bond acceptors (Lipinski definition) is 3. The maximum atomic E-state index is 11.8. The summed E-state index contributed by atoms with van der Waals surface area (Å²) in [6, 6.07) is 4.93. The Morgan fingerprint density at radius 1 is 1.33 bits per heavy atom. The molecule has 2 amide bonds. The van der Waals surface area contributed by atoms with Gasteiger partial charge in [-0.2, -0.15) is 0 Å². The molecule has 0 saturated carbocycles. The summed E-state index contributed by atoms with van der Waals surface area (Å²) in [6.07, 6.45) is 0. The van der Waals surface area contributed by atoms with Gasteiger partial charge in [-0.05, 0) is 30.5 Å². The van der Waals surface area contributed by atoms with Crippen LogP contribution in [0.25, 0.3) is 0 Å². The summed E-state index contributed by atoms with van der Waals surface area (Å²) < 4.78 is 0.918. The number of nitrogens with one attached hydrogen (secondary N) is 2. The van der Waals surface area contributed by atoms with E-state index in [0.29, 0.717) is 5.69 Å². The number of rotatable bonds is 5. The van der Waals surface area contributed by atoms with Gasteiger partial charge in [-0.25, -0.2) is 0 Å². The van der Waals surface area contributed by atoms with Crippen LogP contribution in [0.1, 0.15) is 19.4 Å². The molecule has 0 bridgehead atoms. The van der Waals surface area contributed by atoms with Gasteiger partial charge in [0, 0.05) is 10.2 Å². The van der Waals surface area contributed by atoms with Crippen LogP contribution in [0.3, 0.4) is 0 Å². The van der Waals surface area contributed by atoms with Gasteiger partial charge in [-0.1, -0.05) is 35.8 Å². The molecule has 5 nitrogen and oxygen atoms in total. The van der Waals surface area contributed by atoms with Gasteiger partial charge in [-0.3, -0.25) is 9.59 Å². The Hall–Kier alpha value is -1.11. The fourth-order valence-corrected chi connectivity index (χ4v) is 1.89. The largest absolute Gasteiger partial charge is 0.346 e. The Kier molecular flexibility index (Phi) is 8.54. The molecule has 0 radical (unpaired) electrons. The molecule has 0 aromatic heterocycles. The van der Waals surface area contributed by atoms with Crippen LogP contribution in [-0.2, 0) is 9.59 Å². The second-order valence-corrected chi connectivity index (χ2v) is 5.80. The predicted octanol–water partition coefficient (Wildman–Crippen LogP) is 2.22. The summed E-state index contributed by atoms with van der Waals surface area (Å²) in [5, 5.41) is 5.28. The van der Waals surface area contributed by atoms with E-state index in [9.17, 15) is 9.59 Å². The third kappa shape index (κ3) is 6.03. The molecule has 21 heavy (non-hydrogen) atoms. The molecule has 0 aliphatic heterocycles. The van der Waals surface area contributed by atoms with Gasteiger partial charge >= 0.3 is 0 Å². The van der Waals surface area contributed by atoms with E-state index in [4.69, 9.17) is 5.73 Å². The molecule has 1 atom stereocenters. The molecular formula is C14H21BrClN3O2. The first-order chi connectivity index (χ1) is 9.32. The van der Waals surface area contributed by atoms with Crippen molar-refractivity contribution in [2.45, 2.75) is 26.8 Å². The highest BCUT2D eigenvalue weighted by molar-refractivity contribution is 9.10. The highest BCUT2D eigenvalue weighted by Crippen LogP contribution is 2.23. The van der Waals surface area contributed by atoms with Crippen molar-refractivity contribution in [3.05, 3.63) is 28.2 Å². The normalized spacial score (nSPS) is 11.5. The zero-order chi connectivity index (χ0) is 15.3. The highest BCUT2D eigenvalue weighted by Gasteiger charge is 2.17. The molecule has 0 aliphatic carbocycles. The van der Waals surface area contributed by atoms with Crippen LogP contribution in [0.2, 0.25) is 0 Å². The molecule has 4 N–H and O–H groups in total. The molecule has 0 fully saturated rings. The van der Waals surface area contributed by atoms with Crippen molar-refractivity contribution in [2.75, 3.05) is 11.9 Å². The number of halogens is 2. The number of nitrogens with two attached hydrogens (primary N) is 1. The second-order valence-electron chi connectivity index (χ2n) is 4.95. The maximum Gasteiger partial charge on any atom is 0.243 e. The van der Waals surface area contributed by atoms with Gasteiger partial charge in [0.1, 0.15) is 0 Å². The Morgan fingerprint density at radius 2 is 1.95 bits per heavy atom. The summed E-state index contributed by atoms with van der Waals surface area (Å²) in [5.41, 5.74) is 7.34. The van der Waals surface area contributed by atoms with Crippen molar-refractivity contribution in [3.8, 4) is 0 Å². The van der Waals surface area contributed by atoms with Gasteiger partial charge in [0.2, 0.25) is 11.8 Å². The van der Waals surface area contributed by atoms with Crippen molar-refractivity contribution in [2.24, 2.45) is 11.7 Å². The molecule has 0 spiro atoms. The fraction of sp³-hybridized carbons (Fsp3) is 0.429. The quantitative estimate of drug-likeness (QED) is 0.734. The smallest absolute Gasteiger partial charge is 0.243 e. The zero-order valence-electron chi connectivity index (χ0n) is 12.3. The molecular weight excluding hydrogens is 358 g/mol. The maximum absolute atomic E-state index is 11.8. The first-order valence-electron chi connectivity index (χ1n) is 6.41. The van der Waals surface area contributed by atoms with Crippen LogP contribution < -0.4 is 16.4 Å². The zero-order valence-corrected chi connectivity index (χ0v) is 14.7. The first kappa shape index (κ1) is 19.9. The molecule has 1 aromatic rings. The second kappa shape index (κ2) is 9.02. The Bertz CT molecular complexity index is 509. The number of hydrogen-bond donors (Lipinski definition) is 3. The minimum absolute atomic E-state index is 0. The van der Waals surface area contributed by atoms with E-state index < -0.39 is 6.04 Å². The van der Waals surface area contributed by atoms with Gasteiger partial charge in [0.25, 0.3) is 0 Å². The lowest BCUT2D eigenvalue weighted by Crippen LogP contribution is -2.46. The Balaban J connectivity index is 0.00000400. The van der Waals surface area contributed by atoms with E-state index in [1.54, 1.807) is 6.07 Å². The van der Waals surface area contributed by atoms with Crippen molar-refractivity contribution in [1.29, 1.82) is 0 Å². The summed E-state index contributed by atoms with van der Waals surface area (Å²) in [6.45, 7) is 5.52. The van der Waals surface area contributed by atoms with Crippen LogP contribution in [0.4, 0.5) is 5.69 Å². The minimum atomic E-state index is -0.601. The van der Waals surface area contributed by atoms with Gasteiger partial charge < -0.3 is 16.4 Å². The molecule has 0 unspecified atom stereocenters. The van der Waals surface area contributed by atoms with Crippen molar-refractivity contribution >= 4 is 45.8 Å². The molecule has 0 aliphatic rings. The van der Waals surface area contributed by atoms with Crippen LogP contribution in [0.15, 0.2) is 22.7 Å². The highest BCUT2D eigenvalue weighted by atomic mass is 79.9. The summed E-state index contributed by atoms with van der Waals surface area (Å²) in [7, 11) is 0. The third-order valence-electron chi connectivity index (χ3n) is 2.99. The predicted molar refractivity (Wildman–Crippen MR) is 90.6 cm³/mol. The summed E-state index contributed by atoms with van der Waals surface area (Å²) in [4.78, 5) is 23.4. The Labute approximate surface area is 139 Å². The van der Waals surface area contributed by atoms with E-state index in [-0.39, 0.29) is 36.7 Å². The van der Waals surface area contributed by atoms with Crippen LogP contribution >= 0.6 is 28.3 Å². The van der Waals surface area contributed by atoms with Crippen LogP contribution in [0.5, 0.6) is 0 Å². The molecule has 1 aromatic carbocycles. The SMILES string of the molecule is Cc1c(Br)cccc1NC(=O)CNC(=O)[C@@H](N)C(C)C.Cl. The monoisotopic (exact) mass is 377 g/mol. The van der Waals surface area contributed by atoms with Gasteiger partial charge in [0.15, 0.2) is 0 Å². The van der Waals surface area contributed by atoms with Crippen molar-refractivity contribution in [1.82, 2.24) is 5.32 Å². The summed E-state index contributed by atoms with van der Waals surface area (Å²) in [5.74, 6) is -0.568. The molecule has 7 heteroatoms. The summed E-state index contributed by atoms with van der Waals surface area (Å²) >= 11 is 3.40. The van der Waals surface area contributed by atoms with Crippen LogP contribution in [-0.4, -0.2) is 24.4 Å². The van der Waals surface area contributed by atoms with E-state index in [2.05, 4.69) is 26.6 Å². The standard InChI is InChI=1S/C14H20BrN3O2.ClH/c1-8(2)13(16)14(20)17-7-12(19)18-11-6-4-5-10(15)9(11)3;/h4-6,8,13H,7,16H2,1-3H3,(H,17,20)(H,18,19);1H/t13-;/m0./s1. The van der Waals surface area contributed by atoms with Crippen molar-refractivity contribution in [3.63, 3.8) is 0 Å². The van der Waals surface area contributed by atoms with Crippen LogP contribution in [0, 0.1) is 12.8 Å². The molecule has 118 valence electrons. The van der Waals surface area contributed by atoms with E-state index in [1.807, 2.05) is 32.9 Å². The average Bonchev–Trinajstić information content (AvgIpc) is 2.40. The number of benzene rings is 1. The van der Waals surface area contributed by atoms with E-state index >= 15 is 0 Å². The minimum Gasteiger partial charge on any atom is -0.346 e. The lowest BCUT2D eigenvalue weighted by molar-refractivity contribution is -0.125. The first-order valence-corrected chi connectivity index (χ1v) is 7.20. The molecule has 0 heterocycles. The number of anilines is 1. The Morgan fingerprint density at radius 3 is 2.52 bits per heavy atom. The number of carbonyl (C=O) groups excluding carboxylic acids is 2. The lowest BCUT2D eigenvalue weighted by Gasteiger charge is -2.15. The van der Waals surface area contributed by atoms with Gasteiger partial charge in [0.05, 0.1) is 12.6 Å². The molecule has 1 rings (SSSR count). The van der Waals surface area contributed by atoms with E-state index in [1.165, 1.54) is 0 Å². The fourth-order valence-electron chi connectivity index (χ4n) is 1.53. The average molecular weight is 379 g/mol. The molecule has 0 saturated heterocycles. The number of carbonyl (C=O) groups is 2. The van der Waals surface area contributed by atoms with Crippen molar-refractivity contribution < 1.29 is 9.59 Å². The number of amides is 2. The lowest BCUT2D eigenvalue weighted by atomic mass is 10.1. The topological polar surface area (TPSA) is 84.2 Å². The van der Waals surface area contributed by atoms with Gasteiger partial charge in [-0.15, -0.1) is 12.4 Å². The van der Waals surface area contributed by atoms with E-state index in [0.717, 1.165) is 10.0 Å². The third-order valence-corrected chi connectivity index (χ3v) is 3.85.